The van der Waals surface area contributed by atoms with Gasteiger partial charge in [-0.15, -0.1) is 0 Å². The molecule has 0 radical (unpaired) electrons. The second-order valence-electron chi connectivity index (χ2n) is 6.60. The van der Waals surface area contributed by atoms with Crippen LogP contribution in [-0.2, 0) is 9.47 Å². The molecule has 1 aliphatic heterocycles. The Morgan fingerprint density at radius 1 is 0.833 bits per heavy atom. The van der Waals surface area contributed by atoms with E-state index in [-0.39, 0.29) is 0 Å². The van der Waals surface area contributed by atoms with Crippen LogP contribution < -0.4 is 0 Å². The molecule has 10 heteroatoms. The van der Waals surface area contributed by atoms with E-state index in [1.54, 1.807) is 0 Å². The molecule has 0 amide bonds. The van der Waals surface area contributed by atoms with Crippen molar-refractivity contribution in [2.75, 3.05) is 0 Å². The van der Waals surface area contributed by atoms with Gasteiger partial charge in [-0.25, -0.2) is 8.78 Å². The van der Waals surface area contributed by atoms with Crippen LogP contribution in [0.15, 0.2) is 0 Å². The minimum absolute atomic E-state index is 0.504. The van der Waals surface area contributed by atoms with Gasteiger partial charge in [0.15, 0.2) is 0 Å². The number of ether oxygens (including phenoxy) is 2. The highest BCUT2D eigenvalue weighted by atomic mass is 19.3. The van der Waals surface area contributed by atoms with E-state index in [2.05, 4.69) is 9.47 Å². The van der Waals surface area contributed by atoms with Gasteiger partial charge >= 0.3 is 18.1 Å². The fourth-order valence-electron chi connectivity index (χ4n) is 2.29. The first-order valence-electron chi connectivity index (χ1n) is 7.37. The van der Waals surface area contributed by atoms with Crippen LogP contribution in [0.5, 0.6) is 0 Å². The quantitative estimate of drug-likeness (QED) is 0.592. The molecule has 2 nitrogen and oxygen atoms in total. The van der Waals surface area contributed by atoms with Crippen LogP contribution >= 0.6 is 0 Å². The highest BCUT2D eigenvalue weighted by molar-refractivity contribution is 5.08. The van der Waals surface area contributed by atoms with Gasteiger partial charge in [-0.1, -0.05) is 34.6 Å². The average molecular weight is 372 g/mol. The zero-order chi connectivity index (χ0) is 19.4. The third kappa shape index (κ3) is 2.60. The summed E-state index contributed by atoms with van der Waals surface area (Å²) in [6.45, 7) is 4.51. The van der Waals surface area contributed by atoms with Crippen LogP contribution in [0.1, 0.15) is 47.5 Å². The lowest BCUT2D eigenvalue weighted by Gasteiger charge is -2.47. The predicted molar refractivity (Wildman–Crippen MR) is 68.2 cm³/mol. The van der Waals surface area contributed by atoms with Crippen LogP contribution in [0.25, 0.3) is 0 Å². The summed E-state index contributed by atoms with van der Waals surface area (Å²) in [6.07, 6.45) is -12.6. The maximum Gasteiger partial charge on any atom is 0.451 e. The van der Waals surface area contributed by atoms with Gasteiger partial charge in [-0.05, 0) is 12.8 Å². The first-order chi connectivity index (χ1) is 10.5. The highest BCUT2D eigenvalue weighted by Gasteiger charge is 2.85. The molecule has 3 unspecified atom stereocenters. The smallest absolute Gasteiger partial charge is 0.269 e. The fraction of sp³-hybridized carbons (Fsp3) is 1.00. The largest absolute Gasteiger partial charge is 0.451 e. The van der Waals surface area contributed by atoms with Crippen LogP contribution in [-0.4, -0.2) is 29.8 Å². The van der Waals surface area contributed by atoms with Gasteiger partial charge in [0.05, 0.1) is 0 Å². The Morgan fingerprint density at radius 3 is 1.62 bits per heavy atom. The second kappa shape index (κ2) is 5.69. The van der Waals surface area contributed by atoms with Crippen molar-refractivity contribution in [3.8, 4) is 0 Å². The van der Waals surface area contributed by atoms with Crippen molar-refractivity contribution in [1.82, 2.24) is 0 Å². The van der Waals surface area contributed by atoms with E-state index in [0.29, 0.717) is 0 Å². The van der Waals surface area contributed by atoms with E-state index >= 15 is 4.39 Å². The minimum Gasteiger partial charge on any atom is -0.269 e. The van der Waals surface area contributed by atoms with Crippen molar-refractivity contribution in [2.45, 2.75) is 77.3 Å². The summed E-state index contributed by atoms with van der Waals surface area (Å²) in [5.74, 6) is -16.9. The standard InChI is InChI=1S/C14H20F8O2/c1-6-8(3)10(15)11(16,17)12(18,9(4,5)7-2)24-14(21,22)13(19,20)23-10/h8H,6-7H2,1-5H3. The minimum atomic E-state index is -5.81. The molecule has 0 aliphatic carbocycles. The van der Waals surface area contributed by atoms with Crippen LogP contribution in [0, 0.1) is 11.3 Å². The monoisotopic (exact) mass is 372 g/mol. The summed E-state index contributed by atoms with van der Waals surface area (Å²) in [6, 6.07) is 0. The van der Waals surface area contributed by atoms with Crippen molar-refractivity contribution in [1.29, 1.82) is 0 Å². The molecular formula is C14H20F8O2. The van der Waals surface area contributed by atoms with Crippen molar-refractivity contribution in [3.05, 3.63) is 0 Å². The number of hydrogen-bond donors (Lipinski definition) is 0. The molecule has 0 spiro atoms. The summed E-state index contributed by atoms with van der Waals surface area (Å²) in [7, 11) is 0. The molecule has 1 aliphatic rings. The summed E-state index contributed by atoms with van der Waals surface area (Å²) in [5.41, 5.74) is -2.44. The molecule has 0 aromatic carbocycles. The molecule has 0 N–H and O–H groups in total. The normalized spacial score (nSPS) is 36.9. The van der Waals surface area contributed by atoms with Crippen LogP contribution in [0.4, 0.5) is 35.1 Å². The maximum atomic E-state index is 15.1. The molecule has 144 valence electrons. The third-order valence-corrected chi connectivity index (χ3v) is 4.72. The first kappa shape index (κ1) is 21.4. The zero-order valence-electron chi connectivity index (χ0n) is 13.8. The van der Waals surface area contributed by atoms with E-state index in [4.69, 9.17) is 0 Å². The number of hydrogen-bond acceptors (Lipinski definition) is 2. The molecule has 0 aromatic heterocycles. The highest BCUT2D eigenvalue weighted by Crippen LogP contribution is 2.63. The Labute approximate surface area is 134 Å². The summed E-state index contributed by atoms with van der Waals surface area (Å²) >= 11 is 0. The van der Waals surface area contributed by atoms with Crippen LogP contribution in [0.2, 0.25) is 0 Å². The van der Waals surface area contributed by atoms with Crippen molar-refractivity contribution >= 4 is 0 Å². The van der Waals surface area contributed by atoms with Gasteiger partial charge in [0.1, 0.15) is 0 Å². The van der Waals surface area contributed by atoms with E-state index in [1.807, 2.05) is 0 Å². The molecule has 1 saturated heterocycles. The topological polar surface area (TPSA) is 18.5 Å². The Balaban J connectivity index is 3.79. The summed E-state index contributed by atoms with van der Waals surface area (Å²) in [4.78, 5) is 0. The van der Waals surface area contributed by atoms with Gasteiger partial charge in [-0.3, -0.25) is 9.47 Å². The predicted octanol–water partition coefficient (Wildman–Crippen LogP) is 5.67. The second-order valence-corrected chi connectivity index (χ2v) is 6.60. The lowest BCUT2D eigenvalue weighted by molar-refractivity contribution is -0.469. The molecule has 24 heavy (non-hydrogen) atoms. The lowest BCUT2D eigenvalue weighted by Crippen LogP contribution is -2.67. The van der Waals surface area contributed by atoms with Crippen molar-refractivity contribution in [3.63, 3.8) is 0 Å². The van der Waals surface area contributed by atoms with Crippen molar-refractivity contribution in [2.24, 2.45) is 11.3 Å². The molecule has 0 aromatic rings. The Hall–Kier alpha value is -0.640. The van der Waals surface area contributed by atoms with E-state index < -0.39 is 54.0 Å². The SMILES string of the molecule is CCC(C)C1(F)OC(F)(F)C(F)(F)OC(F)(C(C)(C)CC)C1(F)F. The number of alkyl halides is 8. The molecular weight excluding hydrogens is 352 g/mol. The molecule has 1 rings (SSSR count). The van der Waals surface area contributed by atoms with Gasteiger partial charge in [0.25, 0.3) is 11.7 Å². The van der Waals surface area contributed by atoms with Crippen LogP contribution in [0.3, 0.4) is 0 Å². The number of rotatable bonds is 4. The van der Waals surface area contributed by atoms with Gasteiger partial charge in [0, 0.05) is 11.3 Å². The van der Waals surface area contributed by atoms with E-state index in [0.717, 1.165) is 34.6 Å². The summed E-state index contributed by atoms with van der Waals surface area (Å²) in [5, 5.41) is 0. The molecule has 3 atom stereocenters. The Morgan fingerprint density at radius 2 is 1.25 bits per heavy atom. The first-order valence-corrected chi connectivity index (χ1v) is 7.37. The van der Waals surface area contributed by atoms with Gasteiger partial charge in [-0.2, -0.15) is 26.3 Å². The van der Waals surface area contributed by atoms with Crippen molar-refractivity contribution < 1.29 is 44.6 Å². The summed E-state index contributed by atoms with van der Waals surface area (Å²) < 4.78 is 120. The average Bonchev–Trinajstić information content (AvgIpc) is 2.46. The van der Waals surface area contributed by atoms with E-state index in [1.165, 1.54) is 0 Å². The zero-order valence-corrected chi connectivity index (χ0v) is 13.8. The Bertz CT molecular complexity index is 479. The van der Waals surface area contributed by atoms with E-state index in [9.17, 15) is 30.7 Å². The molecule has 0 saturated carbocycles. The van der Waals surface area contributed by atoms with Gasteiger partial charge in [0.2, 0.25) is 0 Å². The molecule has 1 fully saturated rings. The number of halogens is 8. The van der Waals surface area contributed by atoms with Gasteiger partial charge < -0.3 is 0 Å². The molecule has 0 bridgehead atoms. The Kier molecular flexibility index (Phi) is 5.07. The maximum absolute atomic E-state index is 15.1. The molecule has 1 heterocycles. The lowest BCUT2D eigenvalue weighted by atomic mass is 9.74. The fourth-order valence-corrected chi connectivity index (χ4v) is 2.29. The third-order valence-electron chi connectivity index (χ3n) is 4.72.